The number of nitrogens with one attached hydrogen (secondary N) is 1. The summed E-state index contributed by atoms with van der Waals surface area (Å²) in [6, 6.07) is 6.41. The van der Waals surface area contributed by atoms with E-state index in [-0.39, 0.29) is 0 Å². The molecular weight excluding hydrogens is 324 g/mol. The molecule has 4 heteroatoms. The van der Waals surface area contributed by atoms with E-state index in [1.54, 1.807) is 0 Å². The number of hydrogen-bond acceptors (Lipinski definition) is 2. The molecule has 1 atom stereocenters. The van der Waals surface area contributed by atoms with E-state index < -0.39 is 0 Å². The van der Waals surface area contributed by atoms with Gasteiger partial charge in [0.15, 0.2) is 0 Å². The average molecular weight is 344 g/mol. The largest absolute Gasteiger partial charge is 0.314 e. The van der Waals surface area contributed by atoms with Gasteiger partial charge >= 0.3 is 0 Å². The summed E-state index contributed by atoms with van der Waals surface area (Å²) in [7, 11) is 0. The van der Waals surface area contributed by atoms with E-state index in [2.05, 4.69) is 45.7 Å². The highest BCUT2D eigenvalue weighted by Crippen LogP contribution is 2.34. The van der Waals surface area contributed by atoms with Crippen LogP contribution in [0, 0.1) is 0 Å². The van der Waals surface area contributed by atoms with Crippen molar-refractivity contribution in [1.82, 2.24) is 10.2 Å². The quantitative estimate of drug-likeness (QED) is 0.831. The summed E-state index contributed by atoms with van der Waals surface area (Å²) in [5, 5.41) is 4.23. The zero-order chi connectivity index (χ0) is 13.8. The van der Waals surface area contributed by atoms with E-state index in [0.29, 0.717) is 6.04 Å². The van der Waals surface area contributed by atoms with E-state index in [4.69, 9.17) is 11.6 Å². The topological polar surface area (TPSA) is 15.3 Å². The van der Waals surface area contributed by atoms with Crippen LogP contribution in [0.1, 0.15) is 24.9 Å². The molecule has 1 heterocycles. The molecular formula is C15H20BrClN2. The third-order valence-corrected chi connectivity index (χ3v) is 4.29. The fraction of sp³-hybridized carbons (Fsp3) is 0.467. The minimum atomic E-state index is 0.324. The van der Waals surface area contributed by atoms with E-state index in [9.17, 15) is 0 Å². The van der Waals surface area contributed by atoms with Crippen molar-refractivity contribution >= 4 is 27.5 Å². The summed E-state index contributed by atoms with van der Waals surface area (Å²) in [5.41, 5.74) is 2.39. The zero-order valence-electron chi connectivity index (χ0n) is 11.3. The maximum Gasteiger partial charge on any atom is 0.0454 e. The van der Waals surface area contributed by atoms with Crippen LogP contribution in [0.3, 0.4) is 0 Å². The minimum absolute atomic E-state index is 0.324. The first-order chi connectivity index (χ1) is 9.08. The van der Waals surface area contributed by atoms with Gasteiger partial charge in [-0.1, -0.05) is 33.1 Å². The van der Waals surface area contributed by atoms with Crippen molar-refractivity contribution in [2.45, 2.75) is 19.4 Å². The first kappa shape index (κ1) is 15.0. The van der Waals surface area contributed by atoms with Crippen molar-refractivity contribution in [2.75, 3.05) is 26.2 Å². The fourth-order valence-electron chi connectivity index (χ4n) is 2.53. The fourth-order valence-corrected chi connectivity index (χ4v) is 3.15. The Bertz CT molecular complexity index is 455. The second kappa shape index (κ2) is 6.89. The number of benzene rings is 1. The van der Waals surface area contributed by atoms with Crippen LogP contribution in [0.5, 0.6) is 0 Å². The molecule has 2 rings (SSSR count). The first-order valence-electron chi connectivity index (χ1n) is 6.62. The smallest absolute Gasteiger partial charge is 0.0454 e. The monoisotopic (exact) mass is 342 g/mol. The molecule has 0 saturated carbocycles. The van der Waals surface area contributed by atoms with Gasteiger partial charge in [-0.15, -0.1) is 6.58 Å². The minimum Gasteiger partial charge on any atom is -0.314 e. The van der Waals surface area contributed by atoms with E-state index in [1.807, 2.05) is 12.1 Å². The third-order valence-electron chi connectivity index (χ3n) is 3.45. The molecule has 0 spiro atoms. The number of hydrogen-bond donors (Lipinski definition) is 1. The molecule has 0 unspecified atom stereocenters. The van der Waals surface area contributed by atoms with E-state index in [1.165, 1.54) is 11.1 Å². The Morgan fingerprint density at radius 1 is 1.47 bits per heavy atom. The Labute approximate surface area is 129 Å². The summed E-state index contributed by atoms with van der Waals surface area (Å²) in [4.78, 5) is 2.50. The highest BCUT2D eigenvalue weighted by molar-refractivity contribution is 9.10. The van der Waals surface area contributed by atoms with Crippen molar-refractivity contribution in [3.8, 4) is 0 Å². The number of piperazine rings is 1. The molecule has 1 aliphatic heterocycles. The Morgan fingerprint density at radius 3 is 2.79 bits per heavy atom. The van der Waals surface area contributed by atoms with Gasteiger partial charge < -0.3 is 5.32 Å². The van der Waals surface area contributed by atoms with Gasteiger partial charge in [0.25, 0.3) is 0 Å². The molecule has 1 fully saturated rings. The van der Waals surface area contributed by atoms with Gasteiger partial charge in [-0.3, -0.25) is 4.90 Å². The average Bonchev–Trinajstić information content (AvgIpc) is 2.40. The van der Waals surface area contributed by atoms with Crippen molar-refractivity contribution in [1.29, 1.82) is 0 Å². The van der Waals surface area contributed by atoms with Crippen LogP contribution in [0.2, 0.25) is 5.02 Å². The van der Waals surface area contributed by atoms with Gasteiger partial charge in [0.2, 0.25) is 0 Å². The highest BCUT2D eigenvalue weighted by Gasteiger charge is 2.24. The number of halogens is 2. The standard InChI is InChI=1S/C15H20BrClN2/c1-11(2)9-15(19-7-5-18-6-8-19)13-10-12(16)3-4-14(13)17/h3-4,10,15,18H,1,5-9H2,2H3/t15-/m0/s1. The maximum atomic E-state index is 6.40. The second-order valence-corrected chi connectivity index (χ2v) is 6.45. The molecule has 1 N–H and O–H groups in total. The van der Waals surface area contributed by atoms with Crippen LogP contribution in [0.4, 0.5) is 0 Å². The molecule has 1 aromatic rings. The summed E-state index contributed by atoms with van der Waals surface area (Å²) >= 11 is 9.94. The molecule has 0 amide bonds. The van der Waals surface area contributed by atoms with Crippen LogP contribution in [-0.2, 0) is 0 Å². The molecule has 1 saturated heterocycles. The SMILES string of the molecule is C=C(C)C[C@@H](c1cc(Br)ccc1Cl)N1CCNCC1. The Hall–Kier alpha value is -0.350. The lowest BCUT2D eigenvalue weighted by Crippen LogP contribution is -2.45. The van der Waals surface area contributed by atoms with Gasteiger partial charge in [0.1, 0.15) is 0 Å². The highest BCUT2D eigenvalue weighted by atomic mass is 79.9. The van der Waals surface area contributed by atoms with E-state index >= 15 is 0 Å². The summed E-state index contributed by atoms with van der Waals surface area (Å²) in [5.74, 6) is 0. The second-order valence-electron chi connectivity index (χ2n) is 5.13. The molecule has 1 aliphatic rings. The number of nitrogens with zero attached hydrogens (tertiary/aromatic N) is 1. The van der Waals surface area contributed by atoms with Crippen molar-refractivity contribution in [3.63, 3.8) is 0 Å². The lowest BCUT2D eigenvalue weighted by molar-refractivity contribution is 0.172. The predicted molar refractivity (Wildman–Crippen MR) is 85.8 cm³/mol. The van der Waals surface area contributed by atoms with Crippen molar-refractivity contribution in [3.05, 3.63) is 45.4 Å². The Morgan fingerprint density at radius 2 is 2.16 bits per heavy atom. The summed E-state index contributed by atoms with van der Waals surface area (Å²) < 4.78 is 1.08. The first-order valence-corrected chi connectivity index (χ1v) is 7.79. The molecule has 0 aromatic heterocycles. The lowest BCUT2D eigenvalue weighted by atomic mass is 9.98. The van der Waals surface area contributed by atoms with Crippen LogP contribution in [0.25, 0.3) is 0 Å². The van der Waals surface area contributed by atoms with Gasteiger partial charge in [0, 0.05) is 41.7 Å². The third kappa shape index (κ3) is 4.06. The van der Waals surface area contributed by atoms with Gasteiger partial charge in [-0.2, -0.15) is 0 Å². The van der Waals surface area contributed by atoms with Crippen LogP contribution in [0.15, 0.2) is 34.8 Å². The van der Waals surface area contributed by atoms with Gasteiger partial charge in [-0.05, 0) is 37.1 Å². The van der Waals surface area contributed by atoms with Gasteiger partial charge in [-0.25, -0.2) is 0 Å². The number of rotatable bonds is 4. The molecule has 1 aromatic carbocycles. The predicted octanol–water partition coefficient (Wildman–Crippen LogP) is 4.02. The van der Waals surface area contributed by atoms with Crippen molar-refractivity contribution in [2.24, 2.45) is 0 Å². The molecule has 0 bridgehead atoms. The molecule has 19 heavy (non-hydrogen) atoms. The van der Waals surface area contributed by atoms with Crippen LogP contribution < -0.4 is 5.32 Å². The molecule has 0 aliphatic carbocycles. The van der Waals surface area contributed by atoms with Crippen LogP contribution >= 0.6 is 27.5 Å². The molecule has 0 radical (unpaired) electrons. The molecule has 2 nitrogen and oxygen atoms in total. The summed E-state index contributed by atoms with van der Waals surface area (Å²) in [6.07, 6.45) is 0.955. The summed E-state index contributed by atoms with van der Waals surface area (Å²) in [6.45, 7) is 10.3. The van der Waals surface area contributed by atoms with Crippen LogP contribution in [-0.4, -0.2) is 31.1 Å². The Balaban J connectivity index is 2.29. The molecule has 104 valence electrons. The van der Waals surface area contributed by atoms with Gasteiger partial charge in [0.05, 0.1) is 0 Å². The normalized spacial score (nSPS) is 18.3. The van der Waals surface area contributed by atoms with Crippen molar-refractivity contribution < 1.29 is 0 Å². The maximum absolute atomic E-state index is 6.40. The Kier molecular flexibility index (Phi) is 5.46. The zero-order valence-corrected chi connectivity index (χ0v) is 13.6. The lowest BCUT2D eigenvalue weighted by Gasteiger charge is -2.36. The van der Waals surface area contributed by atoms with E-state index in [0.717, 1.165) is 42.1 Å².